The summed E-state index contributed by atoms with van der Waals surface area (Å²) in [6, 6.07) is 7.76. The fraction of sp³-hybridized carbons (Fsp3) is 0.400. The van der Waals surface area contributed by atoms with Crippen molar-refractivity contribution in [2.24, 2.45) is 0 Å². The summed E-state index contributed by atoms with van der Waals surface area (Å²) in [6.07, 6.45) is 1.04. The van der Waals surface area contributed by atoms with Gasteiger partial charge in [-0.25, -0.2) is 9.97 Å². The highest BCUT2D eigenvalue weighted by atomic mass is 16.3. The second-order valence-corrected chi connectivity index (χ2v) is 7.01. The average Bonchev–Trinajstić information content (AvgIpc) is 3.06. The first kappa shape index (κ1) is 19.1. The van der Waals surface area contributed by atoms with E-state index in [1.807, 2.05) is 24.3 Å². The van der Waals surface area contributed by atoms with Gasteiger partial charge in [0.2, 0.25) is 11.9 Å². The van der Waals surface area contributed by atoms with Crippen molar-refractivity contribution in [1.29, 1.82) is 0 Å². The lowest BCUT2D eigenvalue weighted by atomic mass is 10.1. The Bertz CT molecular complexity index is 1020. The molecule has 4 rings (SSSR count). The zero-order chi connectivity index (χ0) is 20.4. The number of benzene rings is 1. The number of aromatic nitrogens is 4. The highest BCUT2D eigenvalue weighted by molar-refractivity contribution is 5.94. The van der Waals surface area contributed by atoms with Crippen molar-refractivity contribution < 1.29 is 5.11 Å². The predicted molar refractivity (Wildman–Crippen MR) is 116 cm³/mol. The Labute approximate surface area is 169 Å². The second-order valence-electron chi connectivity index (χ2n) is 7.01. The molecule has 0 spiro atoms. The maximum absolute atomic E-state index is 10.6. The summed E-state index contributed by atoms with van der Waals surface area (Å²) in [5.41, 5.74) is 3.44. The van der Waals surface area contributed by atoms with E-state index in [-0.39, 0.29) is 6.04 Å². The minimum atomic E-state index is -0.537. The van der Waals surface area contributed by atoms with E-state index in [0.29, 0.717) is 41.0 Å². The topological polar surface area (TPSA) is 120 Å². The molecule has 152 valence electrons. The van der Waals surface area contributed by atoms with E-state index in [1.165, 1.54) is 0 Å². The first-order valence-electron chi connectivity index (χ1n) is 9.86. The number of fused-ring (bicyclic) bond motifs is 2. The molecule has 0 saturated heterocycles. The third kappa shape index (κ3) is 3.61. The van der Waals surface area contributed by atoms with Gasteiger partial charge in [-0.15, -0.1) is 0 Å². The molecule has 1 aliphatic carbocycles. The quantitative estimate of drug-likeness (QED) is 0.411. The summed E-state index contributed by atoms with van der Waals surface area (Å²) in [4.78, 5) is 18.4. The van der Waals surface area contributed by atoms with Crippen molar-refractivity contribution in [2.75, 3.05) is 41.9 Å². The summed E-state index contributed by atoms with van der Waals surface area (Å²) >= 11 is 0. The number of hydrogen-bond acceptors (Lipinski definition) is 9. The molecule has 2 atom stereocenters. The molecule has 1 aromatic carbocycles. The van der Waals surface area contributed by atoms with Crippen LogP contribution >= 0.6 is 0 Å². The highest BCUT2D eigenvalue weighted by Gasteiger charge is 2.31. The van der Waals surface area contributed by atoms with Crippen molar-refractivity contribution >= 4 is 34.6 Å². The molecule has 0 radical (unpaired) electrons. The summed E-state index contributed by atoms with van der Waals surface area (Å²) in [7, 11) is 3.60. The molecule has 0 amide bonds. The fourth-order valence-corrected chi connectivity index (χ4v) is 3.63. The fourth-order valence-electron chi connectivity index (χ4n) is 3.63. The van der Waals surface area contributed by atoms with Crippen LogP contribution in [0.2, 0.25) is 0 Å². The molecule has 0 fully saturated rings. The number of anilines is 4. The summed E-state index contributed by atoms with van der Waals surface area (Å²) in [6.45, 7) is 2.87. The molecule has 3 aromatic rings. The van der Waals surface area contributed by atoms with E-state index in [4.69, 9.17) is 0 Å². The Morgan fingerprint density at radius 3 is 2.31 bits per heavy atom. The third-order valence-corrected chi connectivity index (χ3v) is 5.04. The first-order valence-corrected chi connectivity index (χ1v) is 9.86. The van der Waals surface area contributed by atoms with Gasteiger partial charge in [-0.05, 0) is 17.5 Å². The first-order chi connectivity index (χ1) is 14.1. The Morgan fingerprint density at radius 2 is 1.62 bits per heavy atom. The van der Waals surface area contributed by atoms with Crippen LogP contribution in [0.3, 0.4) is 0 Å². The minimum Gasteiger partial charge on any atom is -0.390 e. The molecule has 9 nitrogen and oxygen atoms in total. The van der Waals surface area contributed by atoms with Gasteiger partial charge in [-0.3, -0.25) is 0 Å². The number of nitrogens with zero attached hydrogens (tertiary/aromatic N) is 4. The summed E-state index contributed by atoms with van der Waals surface area (Å²) < 4.78 is 0. The lowest BCUT2D eigenvalue weighted by Crippen LogP contribution is -2.22. The van der Waals surface area contributed by atoms with Gasteiger partial charge in [0.15, 0.2) is 11.6 Å². The molecule has 0 bridgehead atoms. The lowest BCUT2D eigenvalue weighted by Gasteiger charge is -2.19. The number of hydrogen-bond donors (Lipinski definition) is 5. The number of aliphatic hydroxyl groups excluding tert-OH is 1. The lowest BCUT2D eigenvalue weighted by molar-refractivity contribution is 0.165. The smallest absolute Gasteiger partial charge is 0.226 e. The van der Waals surface area contributed by atoms with Crippen LogP contribution < -0.4 is 21.3 Å². The molecular formula is C20H26N8O. The van der Waals surface area contributed by atoms with Crippen LogP contribution in [0.1, 0.15) is 30.5 Å². The van der Waals surface area contributed by atoms with E-state index in [9.17, 15) is 5.11 Å². The predicted octanol–water partition coefficient (Wildman–Crippen LogP) is 2.40. The molecule has 1 aliphatic rings. The van der Waals surface area contributed by atoms with Crippen LogP contribution in [-0.4, -0.2) is 51.8 Å². The van der Waals surface area contributed by atoms with Gasteiger partial charge in [0.1, 0.15) is 11.0 Å². The van der Waals surface area contributed by atoms with Crippen molar-refractivity contribution in [3.05, 3.63) is 35.4 Å². The van der Waals surface area contributed by atoms with Gasteiger partial charge < -0.3 is 26.4 Å². The van der Waals surface area contributed by atoms with Crippen molar-refractivity contribution in [3.63, 3.8) is 0 Å². The van der Waals surface area contributed by atoms with Gasteiger partial charge >= 0.3 is 0 Å². The normalized spacial score (nSPS) is 17.8. The van der Waals surface area contributed by atoms with Crippen LogP contribution in [0.5, 0.6) is 0 Å². The van der Waals surface area contributed by atoms with Gasteiger partial charge in [-0.2, -0.15) is 9.97 Å². The SMILES string of the molecule is CCCNc1nc(NC)c2nc(N[C@H]3c4ccccc4C[C@@H]3O)nc(NC)c2n1. The Hall–Kier alpha value is -3.20. The summed E-state index contributed by atoms with van der Waals surface area (Å²) in [5, 5.41) is 23.3. The zero-order valence-electron chi connectivity index (χ0n) is 16.8. The maximum atomic E-state index is 10.6. The van der Waals surface area contributed by atoms with Gasteiger partial charge in [-0.1, -0.05) is 31.2 Å². The van der Waals surface area contributed by atoms with Crippen LogP contribution in [0.15, 0.2) is 24.3 Å². The average molecular weight is 394 g/mol. The molecule has 5 N–H and O–H groups in total. The highest BCUT2D eigenvalue weighted by Crippen LogP contribution is 2.34. The minimum absolute atomic E-state index is 0.266. The summed E-state index contributed by atoms with van der Waals surface area (Å²) in [5.74, 6) is 2.15. The van der Waals surface area contributed by atoms with Crippen LogP contribution in [0, 0.1) is 0 Å². The Morgan fingerprint density at radius 1 is 0.966 bits per heavy atom. The van der Waals surface area contributed by atoms with Crippen molar-refractivity contribution in [3.8, 4) is 0 Å². The van der Waals surface area contributed by atoms with Gasteiger partial charge in [0.05, 0.1) is 12.1 Å². The molecule has 2 heterocycles. The van der Waals surface area contributed by atoms with E-state index in [1.54, 1.807) is 14.1 Å². The van der Waals surface area contributed by atoms with Crippen LogP contribution in [0.25, 0.3) is 11.0 Å². The number of nitrogens with one attached hydrogen (secondary N) is 4. The largest absolute Gasteiger partial charge is 0.390 e. The van der Waals surface area contributed by atoms with Gasteiger partial charge in [0, 0.05) is 27.1 Å². The molecule has 2 aromatic heterocycles. The number of aliphatic hydroxyl groups is 1. The molecule has 29 heavy (non-hydrogen) atoms. The monoisotopic (exact) mass is 394 g/mol. The van der Waals surface area contributed by atoms with E-state index < -0.39 is 6.10 Å². The molecule has 0 saturated carbocycles. The maximum Gasteiger partial charge on any atom is 0.226 e. The van der Waals surface area contributed by atoms with E-state index >= 15 is 0 Å². The Kier molecular flexibility index (Phi) is 5.30. The molecular weight excluding hydrogens is 368 g/mol. The third-order valence-electron chi connectivity index (χ3n) is 5.04. The van der Waals surface area contributed by atoms with Crippen molar-refractivity contribution in [2.45, 2.75) is 31.9 Å². The number of rotatable bonds is 7. The van der Waals surface area contributed by atoms with Crippen LogP contribution in [-0.2, 0) is 6.42 Å². The standard InChI is InChI=1S/C20H26N8O/c1-4-9-23-19-25-15-16(17(21-2)27-19)26-20(28-18(15)22-3)24-14-12-8-6-5-7-11(12)10-13(14)29/h5-8,13-14,29H,4,9-10H2,1-3H3,(H2,21,23,25,27)(H2,22,24,26,28)/t13-,14-/m0/s1. The molecule has 9 heteroatoms. The second kappa shape index (κ2) is 8.04. The molecule has 0 aliphatic heterocycles. The van der Waals surface area contributed by atoms with E-state index in [0.717, 1.165) is 24.1 Å². The molecule has 0 unspecified atom stereocenters. The van der Waals surface area contributed by atoms with E-state index in [2.05, 4.69) is 48.1 Å². The van der Waals surface area contributed by atoms with Crippen LogP contribution in [0.4, 0.5) is 23.5 Å². The van der Waals surface area contributed by atoms with Crippen molar-refractivity contribution in [1.82, 2.24) is 19.9 Å². The Balaban J connectivity index is 1.74. The van der Waals surface area contributed by atoms with Gasteiger partial charge in [0.25, 0.3) is 0 Å². The zero-order valence-corrected chi connectivity index (χ0v) is 16.8.